The van der Waals surface area contributed by atoms with Gasteiger partial charge in [-0.1, -0.05) is 25.0 Å². The van der Waals surface area contributed by atoms with Crippen LogP contribution in [-0.4, -0.2) is 79.7 Å². The molecule has 15 heteroatoms. The molecule has 0 spiro atoms. The van der Waals surface area contributed by atoms with E-state index < -0.39 is 63.1 Å². The van der Waals surface area contributed by atoms with Crippen molar-refractivity contribution in [3.8, 4) is 0 Å². The summed E-state index contributed by atoms with van der Waals surface area (Å²) in [6.45, 7) is 1.42. The molecule has 0 aliphatic heterocycles. The van der Waals surface area contributed by atoms with Crippen LogP contribution in [0.2, 0.25) is 0 Å². The fourth-order valence-electron chi connectivity index (χ4n) is 5.37. The lowest BCUT2D eigenvalue weighted by molar-refractivity contribution is -0.147. The van der Waals surface area contributed by atoms with E-state index >= 15 is 0 Å². The second-order valence-electron chi connectivity index (χ2n) is 11.2. The molecule has 0 unspecified atom stereocenters. The Hall–Kier alpha value is -3.72. The number of carbonyl (C=O) groups excluding carboxylic acids is 3. The van der Waals surface area contributed by atoms with Gasteiger partial charge in [-0.15, -0.1) is 0 Å². The number of nitrogens with two attached hydrogens (primary N) is 1. The predicted molar refractivity (Wildman–Crippen MR) is 158 cm³/mol. The number of carboxylic acid groups (broad SMARTS) is 2. The first-order chi connectivity index (χ1) is 20.2. The topological polar surface area (TPSA) is 234 Å². The molecule has 0 radical (unpaired) electrons. The highest BCUT2D eigenvalue weighted by Gasteiger charge is 2.45. The van der Waals surface area contributed by atoms with E-state index in [1.807, 2.05) is 0 Å². The summed E-state index contributed by atoms with van der Waals surface area (Å²) in [6, 6.07) is 3.94. The van der Waals surface area contributed by atoms with Crippen LogP contribution in [-0.2, 0) is 40.4 Å². The minimum absolute atomic E-state index is 0.119. The van der Waals surface area contributed by atoms with Crippen molar-refractivity contribution in [1.82, 2.24) is 16.0 Å². The zero-order chi connectivity index (χ0) is 32.2. The molecule has 14 nitrogen and oxygen atoms in total. The number of hydrogen-bond donors (Lipinski definition) is 7. The van der Waals surface area contributed by atoms with Gasteiger partial charge in [0.1, 0.15) is 12.1 Å². The smallest absolute Gasteiger partial charge is 0.326 e. The Labute approximate surface area is 251 Å². The molecular formula is C28H43N5O9S. The number of amides is 3. The van der Waals surface area contributed by atoms with Crippen molar-refractivity contribution in [2.24, 2.45) is 17.1 Å². The highest BCUT2D eigenvalue weighted by Crippen LogP contribution is 2.43. The number of hydrogen-bond acceptors (Lipinski definition) is 8. The first-order valence-corrected chi connectivity index (χ1v) is 16.1. The molecule has 1 aliphatic carbocycles. The molecule has 1 saturated carbocycles. The predicted octanol–water partition coefficient (Wildman–Crippen LogP) is 0.571. The van der Waals surface area contributed by atoms with Crippen molar-refractivity contribution >= 4 is 45.4 Å². The van der Waals surface area contributed by atoms with Crippen LogP contribution in [0.4, 0.5) is 5.69 Å². The van der Waals surface area contributed by atoms with Crippen molar-refractivity contribution < 1.29 is 42.6 Å². The highest BCUT2D eigenvalue weighted by atomic mass is 32.2. The van der Waals surface area contributed by atoms with Gasteiger partial charge in [0.2, 0.25) is 27.7 Å². The molecule has 8 N–H and O–H groups in total. The highest BCUT2D eigenvalue weighted by molar-refractivity contribution is 7.92. The van der Waals surface area contributed by atoms with Crippen molar-refractivity contribution in [3.63, 3.8) is 0 Å². The molecule has 1 fully saturated rings. The Morgan fingerprint density at radius 1 is 1.00 bits per heavy atom. The Kier molecular flexibility index (Phi) is 13.4. The Morgan fingerprint density at radius 2 is 1.67 bits per heavy atom. The van der Waals surface area contributed by atoms with E-state index in [4.69, 9.17) is 5.73 Å². The summed E-state index contributed by atoms with van der Waals surface area (Å²) in [4.78, 5) is 62.3. The van der Waals surface area contributed by atoms with E-state index in [0.29, 0.717) is 57.1 Å². The zero-order valence-corrected chi connectivity index (χ0v) is 25.4. The molecule has 0 aromatic heterocycles. The molecule has 2 rings (SSSR count). The molecule has 0 saturated heterocycles. The average Bonchev–Trinajstić information content (AvgIpc) is 3.38. The van der Waals surface area contributed by atoms with E-state index in [2.05, 4.69) is 20.7 Å². The minimum atomic E-state index is -3.55. The van der Waals surface area contributed by atoms with Gasteiger partial charge >= 0.3 is 11.9 Å². The molecule has 1 aromatic rings. The third-order valence-corrected chi connectivity index (χ3v) is 8.07. The summed E-state index contributed by atoms with van der Waals surface area (Å²) in [6.07, 6.45) is 4.30. The Bertz CT molecular complexity index is 1260. The molecule has 43 heavy (non-hydrogen) atoms. The van der Waals surface area contributed by atoms with Crippen molar-refractivity contribution in [3.05, 3.63) is 29.8 Å². The SMILES string of the molecule is CC(=O)N[C@@H](CCCCN)C(=O)NC[C@H](CC1(C(=O)N[C@@H](Cc2cccc(NS(C)(=O)=O)c2)C(=O)O)CCCC1)C(=O)O. The van der Waals surface area contributed by atoms with Crippen LogP contribution in [0, 0.1) is 11.3 Å². The number of carboxylic acids is 2. The first kappa shape index (κ1) is 35.5. The summed E-state index contributed by atoms with van der Waals surface area (Å²) < 4.78 is 25.5. The number of nitrogens with one attached hydrogen (secondary N) is 4. The van der Waals surface area contributed by atoms with Crippen LogP contribution >= 0.6 is 0 Å². The Morgan fingerprint density at radius 3 is 2.23 bits per heavy atom. The molecule has 0 heterocycles. The van der Waals surface area contributed by atoms with Crippen LogP contribution in [0.1, 0.15) is 63.9 Å². The lowest BCUT2D eigenvalue weighted by Crippen LogP contribution is -2.51. The molecule has 1 aliphatic rings. The van der Waals surface area contributed by atoms with E-state index in [1.165, 1.54) is 19.1 Å². The van der Waals surface area contributed by atoms with Gasteiger partial charge in [-0.25, -0.2) is 13.2 Å². The van der Waals surface area contributed by atoms with Crippen LogP contribution in [0.25, 0.3) is 0 Å². The van der Waals surface area contributed by atoms with E-state index in [9.17, 15) is 42.6 Å². The summed E-state index contributed by atoms with van der Waals surface area (Å²) in [7, 11) is -3.55. The van der Waals surface area contributed by atoms with Crippen LogP contribution in [0.3, 0.4) is 0 Å². The van der Waals surface area contributed by atoms with Gasteiger partial charge in [0.15, 0.2) is 0 Å². The summed E-state index contributed by atoms with van der Waals surface area (Å²) in [5.41, 5.74) is 5.07. The maximum atomic E-state index is 13.6. The Balaban J connectivity index is 2.15. The lowest BCUT2D eigenvalue weighted by Gasteiger charge is -2.32. The van der Waals surface area contributed by atoms with Crippen LogP contribution < -0.4 is 26.4 Å². The second-order valence-corrected chi connectivity index (χ2v) is 12.9. The van der Waals surface area contributed by atoms with Crippen LogP contribution in [0.5, 0.6) is 0 Å². The summed E-state index contributed by atoms with van der Waals surface area (Å²) >= 11 is 0. The standard InChI is InChI=1S/C28H43N5O9S/c1-18(34)31-22(10-3-6-13-29)24(35)30-17-20(25(36)37)16-28(11-4-5-12-28)27(40)32-23(26(38)39)15-19-8-7-9-21(14-19)33-43(2,41)42/h7-9,14,20,22-23,33H,3-6,10-13,15-17,29H2,1-2H3,(H,30,35)(H,31,34)(H,32,40)(H,36,37)(H,38,39)/t20-,22-,23-/m0/s1. The first-order valence-electron chi connectivity index (χ1n) is 14.2. The summed E-state index contributed by atoms with van der Waals surface area (Å²) in [5.74, 6) is -5.19. The third kappa shape index (κ3) is 11.8. The van der Waals surface area contributed by atoms with Gasteiger partial charge in [-0.05, 0) is 62.8 Å². The number of carbonyl (C=O) groups is 5. The van der Waals surface area contributed by atoms with Gasteiger partial charge in [0.25, 0.3) is 0 Å². The molecule has 0 bridgehead atoms. The largest absolute Gasteiger partial charge is 0.481 e. The van der Waals surface area contributed by atoms with Crippen molar-refractivity contribution in [2.75, 3.05) is 24.1 Å². The monoisotopic (exact) mass is 625 g/mol. The van der Waals surface area contributed by atoms with Crippen LogP contribution in [0.15, 0.2) is 24.3 Å². The molecule has 3 atom stereocenters. The molecular weight excluding hydrogens is 582 g/mol. The van der Waals surface area contributed by atoms with Crippen molar-refractivity contribution in [1.29, 1.82) is 0 Å². The van der Waals surface area contributed by atoms with Crippen molar-refractivity contribution in [2.45, 2.75) is 76.8 Å². The van der Waals surface area contributed by atoms with Gasteiger partial charge < -0.3 is 31.9 Å². The maximum Gasteiger partial charge on any atom is 0.326 e. The van der Waals surface area contributed by atoms with E-state index in [-0.39, 0.29) is 25.1 Å². The number of unbranched alkanes of at least 4 members (excludes halogenated alkanes) is 1. The number of aliphatic carboxylic acids is 2. The average molecular weight is 626 g/mol. The number of sulfonamides is 1. The second kappa shape index (κ2) is 16.2. The molecule has 3 amide bonds. The quantitative estimate of drug-likeness (QED) is 0.112. The van der Waals surface area contributed by atoms with Gasteiger partial charge in [-0.3, -0.25) is 23.9 Å². The fourth-order valence-corrected chi connectivity index (χ4v) is 5.93. The fraction of sp³-hybridized carbons (Fsp3) is 0.607. The van der Waals surface area contributed by atoms with Gasteiger partial charge in [0.05, 0.1) is 17.6 Å². The zero-order valence-electron chi connectivity index (χ0n) is 24.6. The third-order valence-electron chi connectivity index (χ3n) is 7.47. The number of anilines is 1. The van der Waals surface area contributed by atoms with Gasteiger partial charge in [0, 0.05) is 25.6 Å². The summed E-state index contributed by atoms with van der Waals surface area (Å²) in [5, 5.41) is 27.6. The van der Waals surface area contributed by atoms with E-state index in [1.54, 1.807) is 12.1 Å². The molecule has 240 valence electrons. The lowest BCUT2D eigenvalue weighted by atomic mass is 9.76. The van der Waals surface area contributed by atoms with E-state index in [0.717, 1.165) is 6.26 Å². The molecule has 1 aromatic carbocycles. The number of benzene rings is 1. The van der Waals surface area contributed by atoms with Gasteiger partial charge in [-0.2, -0.15) is 0 Å². The maximum absolute atomic E-state index is 13.6. The normalized spacial score (nSPS) is 16.3. The number of rotatable bonds is 18. The minimum Gasteiger partial charge on any atom is -0.481 e.